The number of hydrogen-bond donors (Lipinski definition) is 2. The monoisotopic (exact) mass is 396 g/mol. The van der Waals surface area contributed by atoms with Gasteiger partial charge in [-0.05, 0) is 54.4 Å². The summed E-state index contributed by atoms with van der Waals surface area (Å²) in [6.45, 7) is 11.1. The second kappa shape index (κ2) is 10.7. The van der Waals surface area contributed by atoms with Gasteiger partial charge in [-0.2, -0.15) is 0 Å². The molecule has 160 valence electrons. The Morgan fingerprint density at radius 2 is 1.10 bits per heavy atom. The lowest BCUT2D eigenvalue weighted by Crippen LogP contribution is -2.23. The topological polar surface area (TPSA) is 40.5 Å². The van der Waals surface area contributed by atoms with Gasteiger partial charge in [0, 0.05) is 17.0 Å². The molecule has 0 fully saturated rings. The normalized spacial score (nSPS) is 11.9. The molecule has 0 aromatic heterocycles. The molecule has 0 amide bonds. The molecule has 0 atom stereocenters. The lowest BCUT2D eigenvalue weighted by Gasteiger charge is -2.35. The molecule has 0 heterocycles. The van der Waals surface area contributed by atoms with Gasteiger partial charge in [-0.1, -0.05) is 84.6 Å². The molecule has 2 N–H and O–H groups in total. The molecule has 0 saturated carbocycles. The average molecular weight is 397 g/mol. The Morgan fingerprint density at radius 3 is 1.45 bits per heavy atom. The molecule has 0 aliphatic carbocycles. The number of phenols is 2. The van der Waals surface area contributed by atoms with Crippen molar-refractivity contribution in [3.63, 3.8) is 0 Å². The number of unbranched alkanes of at least 4 members (excludes halogenated alkanes) is 4. The molecule has 0 bridgehead atoms. The minimum Gasteiger partial charge on any atom is -0.508 e. The van der Waals surface area contributed by atoms with Crippen LogP contribution in [0.15, 0.2) is 36.4 Å². The minimum absolute atomic E-state index is 0.0573. The molecule has 29 heavy (non-hydrogen) atoms. The third kappa shape index (κ3) is 6.01. The predicted octanol–water partition coefficient (Wildman–Crippen LogP) is 7.74. The highest BCUT2D eigenvalue weighted by molar-refractivity contribution is 5.53. The van der Waals surface area contributed by atoms with Crippen molar-refractivity contribution in [2.45, 2.75) is 91.9 Å². The molecule has 0 unspecified atom stereocenters. The van der Waals surface area contributed by atoms with E-state index in [9.17, 15) is 10.2 Å². The van der Waals surface area contributed by atoms with Gasteiger partial charge in [0.25, 0.3) is 0 Å². The highest BCUT2D eigenvalue weighted by atomic mass is 16.3. The second-order valence-corrected chi connectivity index (χ2v) is 9.41. The fourth-order valence-corrected chi connectivity index (χ4v) is 4.44. The third-order valence-corrected chi connectivity index (χ3v) is 5.89. The van der Waals surface area contributed by atoms with E-state index >= 15 is 0 Å². The van der Waals surface area contributed by atoms with E-state index in [-0.39, 0.29) is 11.3 Å². The Kier molecular flexibility index (Phi) is 8.61. The van der Waals surface area contributed by atoms with Crippen LogP contribution in [0.3, 0.4) is 0 Å². The van der Waals surface area contributed by atoms with Crippen LogP contribution in [0.4, 0.5) is 0 Å². The van der Waals surface area contributed by atoms with Gasteiger partial charge in [0.15, 0.2) is 0 Å². The molecule has 0 spiro atoms. The van der Waals surface area contributed by atoms with Gasteiger partial charge in [-0.25, -0.2) is 0 Å². The van der Waals surface area contributed by atoms with E-state index in [0.717, 1.165) is 36.8 Å². The number of aryl methyl sites for hydroxylation is 2. The Balaban J connectivity index is 2.61. The number of benzene rings is 2. The molecule has 0 aliphatic heterocycles. The fourth-order valence-electron chi connectivity index (χ4n) is 4.44. The molecular weight excluding hydrogens is 356 g/mol. The SMILES string of the molecule is CCCCCc1cccc(O)c1C(c1c(O)cccc1CCCCC)C(C)(C)C. The van der Waals surface area contributed by atoms with Crippen molar-refractivity contribution in [3.8, 4) is 11.5 Å². The third-order valence-electron chi connectivity index (χ3n) is 5.89. The van der Waals surface area contributed by atoms with Gasteiger partial charge < -0.3 is 10.2 Å². The van der Waals surface area contributed by atoms with Crippen molar-refractivity contribution >= 4 is 0 Å². The molecule has 0 aliphatic rings. The van der Waals surface area contributed by atoms with Crippen molar-refractivity contribution < 1.29 is 10.2 Å². The standard InChI is InChI=1S/C27H40O2/c1-6-8-10-14-20-16-12-18-22(28)24(20)26(27(3,4)5)25-21(15-11-9-7-2)17-13-19-23(25)29/h12-13,16-19,26,28-29H,6-11,14-15H2,1-5H3. The van der Waals surface area contributed by atoms with E-state index in [1.165, 1.54) is 36.8 Å². The van der Waals surface area contributed by atoms with Crippen LogP contribution in [0.1, 0.15) is 101 Å². The van der Waals surface area contributed by atoms with Crippen molar-refractivity contribution in [1.82, 2.24) is 0 Å². The van der Waals surface area contributed by atoms with Crippen LogP contribution in [0.25, 0.3) is 0 Å². The molecule has 2 aromatic carbocycles. The summed E-state index contributed by atoms with van der Waals surface area (Å²) in [5, 5.41) is 21.9. The van der Waals surface area contributed by atoms with Crippen molar-refractivity contribution in [3.05, 3.63) is 58.7 Å². The van der Waals surface area contributed by atoms with E-state index in [0.29, 0.717) is 11.5 Å². The molecular formula is C27H40O2. The molecule has 0 saturated heterocycles. The smallest absolute Gasteiger partial charge is 0.119 e. The van der Waals surface area contributed by atoms with Gasteiger partial charge in [0.1, 0.15) is 11.5 Å². The molecule has 2 rings (SSSR count). The molecule has 0 radical (unpaired) electrons. The maximum atomic E-state index is 11.0. The highest BCUT2D eigenvalue weighted by Crippen LogP contribution is 2.49. The zero-order valence-electron chi connectivity index (χ0n) is 19.1. The lowest BCUT2D eigenvalue weighted by atomic mass is 9.69. The van der Waals surface area contributed by atoms with E-state index < -0.39 is 0 Å². The Bertz CT molecular complexity index is 711. The van der Waals surface area contributed by atoms with E-state index in [2.05, 4.69) is 46.8 Å². The van der Waals surface area contributed by atoms with Crippen molar-refractivity contribution in [2.75, 3.05) is 0 Å². The number of hydrogen-bond acceptors (Lipinski definition) is 2. The summed E-state index contributed by atoms with van der Waals surface area (Å²) in [5.41, 5.74) is 4.27. The summed E-state index contributed by atoms with van der Waals surface area (Å²) in [6, 6.07) is 11.8. The van der Waals surface area contributed by atoms with Crippen molar-refractivity contribution in [1.29, 1.82) is 0 Å². The van der Waals surface area contributed by atoms with Crippen LogP contribution in [0, 0.1) is 5.41 Å². The Labute approximate surface area is 178 Å². The first-order valence-corrected chi connectivity index (χ1v) is 11.4. The summed E-state index contributed by atoms with van der Waals surface area (Å²) in [4.78, 5) is 0. The number of aromatic hydroxyl groups is 2. The van der Waals surface area contributed by atoms with Gasteiger partial charge in [0.2, 0.25) is 0 Å². The maximum Gasteiger partial charge on any atom is 0.119 e. The van der Waals surface area contributed by atoms with Crippen molar-refractivity contribution in [2.24, 2.45) is 5.41 Å². The van der Waals surface area contributed by atoms with E-state index in [1.807, 2.05) is 12.1 Å². The number of rotatable bonds is 10. The van der Waals surface area contributed by atoms with Crippen LogP contribution in [0.2, 0.25) is 0 Å². The van der Waals surface area contributed by atoms with Crippen LogP contribution >= 0.6 is 0 Å². The summed E-state index contributed by atoms with van der Waals surface area (Å²) in [7, 11) is 0. The van der Waals surface area contributed by atoms with Crippen LogP contribution in [0.5, 0.6) is 11.5 Å². The predicted molar refractivity (Wildman–Crippen MR) is 124 cm³/mol. The Morgan fingerprint density at radius 1 is 0.690 bits per heavy atom. The average Bonchev–Trinajstić information content (AvgIpc) is 2.65. The van der Waals surface area contributed by atoms with E-state index in [4.69, 9.17) is 0 Å². The maximum absolute atomic E-state index is 11.0. The molecule has 2 nitrogen and oxygen atoms in total. The highest BCUT2D eigenvalue weighted by Gasteiger charge is 2.34. The molecule has 2 aromatic rings. The summed E-state index contributed by atoms with van der Waals surface area (Å²) in [6.07, 6.45) is 8.89. The lowest BCUT2D eigenvalue weighted by molar-refractivity contribution is 0.334. The number of phenolic OH excluding ortho intramolecular Hbond substituents is 2. The first kappa shape index (κ1) is 23.3. The fraction of sp³-hybridized carbons (Fsp3) is 0.556. The van der Waals surface area contributed by atoms with E-state index in [1.54, 1.807) is 12.1 Å². The zero-order chi connectivity index (χ0) is 21.4. The van der Waals surface area contributed by atoms with Gasteiger partial charge in [-0.3, -0.25) is 0 Å². The van der Waals surface area contributed by atoms with Crippen LogP contribution < -0.4 is 0 Å². The van der Waals surface area contributed by atoms with Crippen LogP contribution in [-0.4, -0.2) is 10.2 Å². The summed E-state index contributed by atoms with van der Waals surface area (Å²) >= 11 is 0. The van der Waals surface area contributed by atoms with Gasteiger partial charge in [0.05, 0.1) is 0 Å². The summed E-state index contributed by atoms with van der Waals surface area (Å²) < 4.78 is 0. The van der Waals surface area contributed by atoms with Crippen LogP contribution in [-0.2, 0) is 12.8 Å². The van der Waals surface area contributed by atoms with Gasteiger partial charge in [-0.15, -0.1) is 0 Å². The van der Waals surface area contributed by atoms with Gasteiger partial charge >= 0.3 is 0 Å². The summed E-state index contributed by atoms with van der Waals surface area (Å²) in [5.74, 6) is 0.640. The quantitative estimate of drug-likeness (QED) is 0.403. The zero-order valence-corrected chi connectivity index (χ0v) is 19.1. The largest absolute Gasteiger partial charge is 0.508 e. The first-order chi connectivity index (χ1) is 13.8. The second-order valence-electron chi connectivity index (χ2n) is 9.41. The first-order valence-electron chi connectivity index (χ1n) is 11.4. The Hall–Kier alpha value is -1.96. The molecule has 2 heteroatoms. The minimum atomic E-state index is -0.142.